The zero-order valence-corrected chi connectivity index (χ0v) is 14.2. The number of halogens is 1. The van der Waals surface area contributed by atoms with Crippen molar-refractivity contribution in [3.05, 3.63) is 29.0 Å². The molecule has 3 nitrogen and oxygen atoms in total. The van der Waals surface area contributed by atoms with Gasteiger partial charge in [-0.05, 0) is 37.8 Å². The standard InChI is InChI=1S/C18H26ClN3/c1-2-3-5-10-16-18(20-15-8-6-4-7-9-15)22-13-14(19)11-12-17(22)21-16/h11-13,15,20H,2-10H2,1H3. The quantitative estimate of drug-likeness (QED) is 0.716. The van der Waals surface area contributed by atoms with Crippen LogP contribution in [0.1, 0.15) is 64.0 Å². The summed E-state index contributed by atoms with van der Waals surface area (Å²) in [5.74, 6) is 1.17. The molecule has 0 amide bonds. The van der Waals surface area contributed by atoms with Crippen LogP contribution >= 0.6 is 11.6 Å². The average Bonchev–Trinajstić information content (AvgIpc) is 2.86. The molecule has 0 aliphatic heterocycles. The Bertz CT molecular complexity index is 614. The monoisotopic (exact) mass is 319 g/mol. The molecule has 0 radical (unpaired) electrons. The molecule has 0 unspecified atom stereocenters. The van der Waals surface area contributed by atoms with Crippen LogP contribution in [0.4, 0.5) is 5.82 Å². The number of rotatable bonds is 6. The Hall–Kier alpha value is -1.22. The molecule has 0 spiro atoms. The van der Waals surface area contributed by atoms with E-state index in [1.54, 1.807) is 0 Å². The molecule has 3 rings (SSSR count). The number of nitrogens with zero attached hydrogens (tertiary/aromatic N) is 2. The highest BCUT2D eigenvalue weighted by atomic mass is 35.5. The van der Waals surface area contributed by atoms with Crippen molar-refractivity contribution in [3.8, 4) is 0 Å². The number of hydrogen-bond acceptors (Lipinski definition) is 2. The van der Waals surface area contributed by atoms with E-state index in [2.05, 4.69) is 16.6 Å². The molecule has 4 heteroatoms. The highest BCUT2D eigenvalue weighted by molar-refractivity contribution is 6.30. The zero-order chi connectivity index (χ0) is 15.4. The summed E-state index contributed by atoms with van der Waals surface area (Å²) < 4.78 is 2.14. The van der Waals surface area contributed by atoms with E-state index < -0.39 is 0 Å². The maximum absolute atomic E-state index is 6.19. The van der Waals surface area contributed by atoms with Gasteiger partial charge in [0.25, 0.3) is 0 Å². The summed E-state index contributed by atoms with van der Waals surface area (Å²) in [6, 6.07) is 4.51. The molecule has 0 atom stereocenters. The first kappa shape index (κ1) is 15.7. The van der Waals surface area contributed by atoms with Crippen molar-refractivity contribution in [2.24, 2.45) is 0 Å². The number of anilines is 1. The first-order valence-corrected chi connectivity index (χ1v) is 9.08. The Labute approximate surface area is 138 Å². The minimum Gasteiger partial charge on any atom is -0.367 e. The van der Waals surface area contributed by atoms with Crippen LogP contribution in [0.2, 0.25) is 5.02 Å². The number of nitrogens with one attached hydrogen (secondary N) is 1. The first-order chi connectivity index (χ1) is 10.8. The fourth-order valence-electron chi connectivity index (χ4n) is 3.38. The van der Waals surface area contributed by atoms with Gasteiger partial charge in [0.1, 0.15) is 11.5 Å². The Kier molecular flexibility index (Phi) is 5.24. The van der Waals surface area contributed by atoms with Crippen LogP contribution in [0.3, 0.4) is 0 Å². The number of pyridine rings is 1. The van der Waals surface area contributed by atoms with Crippen LogP contribution in [0, 0.1) is 0 Å². The maximum atomic E-state index is 6.19. The Morgan fingerprint density at radius 1 is 1.23 bits per heavy atom. The van der Waals surface area contributed by atoms with Crippen molar-refractivity contribution in [2.45, 2.75) is 70.8 Å². The lowest BCUT2D eigenvalue weighted by atomic mass is 9.95. The van der Waals surface area contributed by atoms with Gasteiger partial charge >= 0.3 is 0 Å². The second kappa shape index (κ2) is 7.36. The lowest BCUT2D eigenvalue weighted by Gasteiger charge is -2.24. The van der Waals surface area contributed by atoms with E-state index in [0.717, 1.165) is 17.1 Å². The van der Waals surface area contributed by atoms with Crippen molar-refractivity contribution in [1.29, 1.82) is 0 Å². The third-order valence-corrected chi connectivity index (χ3v) is 4.84. The fourth-order valence-corrected chi connectivity index (χ4v) is 3.54. The van der Waals surface area contributed by atoms with Crippen LogP contribution in [0.15, 0.2) is 18.3 Å². The highest BCUT2D eigenvalue weighted by Crippen LogP contribution is 2.27. The molecule has 1 aliphatic carbocycles. The second-order valence-electron chi connectivity index (χ2n) is 6.42. The zero-order valence-electron chi connectivity index (χ0n) is 13.4. The minimum atomic E-state index is 0.581. The van der Waals surface area contributed by atoms with E-state index in [0.29, 0.717) is 6.04 Å². The number of imidazole rings is 1. The van der Waals surface area contributed by atoms with Crippen LogP contribution in [0.25, 0.3) is 5.65 Å². The third kappa shape index (κ3) is 3.57. The molecule has 120 valence electrons. The summed E-state index contributed by atoms with van der Waals surface area (Å²) >= 11 is 6.19. The van der Waals surface area contributed by atoms with Gasteiger partial charge in [0.2, 0.25) is 0 Å². The van der Waals surface area contributed by atoms with E-state index in [4.69, 9.17) is 16.6 Å². The van der Waals surface area contributed by atoms with Crippen molar-refractivity contribution >= 4 is 23.1 Å². The van der Waals surface area contributed by atoms with Gasteiger partial charge in [-0.25, -0.2) is 4.98 Å². The molecule has 1 aliphatic rings. The molecular weight excluding hydrogens is 294 g/mol. The van der Waals surface area contributed by atoms with Crippen molar-refractivity contribution in [2.75, 3.05) is 5.32 Å². The number of unbranched alkanes of at least 4 members (excludes halogenated alkanes) is 2. The fraction of sp³-hybridized carbons (Fsp3) is 0.611. The SMILES string of the molecule is CCCCCc1nc2ccc(Cl)cn2c1NC1CCCCC1. The van der Waals surface area contributed by atoms with Gasteiger partial charge in [-0.2, -0.15) is 0 Å². The smallest absolute Gasteiger partial charge is 0.138 e. The topological polar surface area (TPSA) is 29.3 Å². The lowest BCUT2D eigenvalue weighted by molar-refractivity contribution is 0.461. The molecule has 22 heavy (non-hydrogen) atoms. The van der Waals surface area contributed by atoms with Gasteiger partial charge in [0, 0.05) is 12.2 Å². The maximum Gasteiger partial charge on any atom is 0.138 e. The number of hydrogen-bond donors (Lipinski definition) is 1. The summed E-state index contributed by atoms with van der Waals surface area (Å²) in [6.45, 7) is 2.24. The minimum absolute atomic E-state index is 0.581. The molecule has 0 saturated heterocycles. The average molecular weight is 320 g/mol. The molecule has 0 bridgehead atoms. The highest BCUT2D eigenvalue weighted by Gasteiger charge is 2.18. The van der Waals surface area contributed by atoms with Crippen LogP contribution < -0.4 is 5.32 Å². The largest absolute Gasteiger partial charge is 0.367 e. The number of aromatic nitrogens is 2. The predicted molar refractivity (Wildman–Crippen MR) is 93.9 cm³/mol. The molecule has 2 aromatic rings. The van der Waals surface area contributed by atoms with Crippen molar-refractivity contribution < 1.29 is 0 Å². The van der Waals surface area contributed by atoms with Gasteiger partial charge in [-0.1, -0.05) is 50.6 Å². The second-order valence-corrected chi connectivity index (χ2v) is 6.86. The van der Waals surface area contributed by atoms with Crippen molar-refractivity contribution in [1.82, 2.24) is 9.38 Å². The van der Waals surface area contributed by atoms with Gasteiger partial charge < -0.3 is 5.32 Å². The van der Waals surface area contributed by atoms with Crippen LogP contribution in [-0.4, -0.2) is 15.4 Å². The van der Waals surface area contributed by atoms with Gasteiger partial charge in [-0.15, -0.1) is 0 Å². The van der Waals surface area contributed by atoms with E-state index in [-0.39, 0.29) is 0 Å². The van der Waals surface area contributed by atoms with E-state index in [9.17, 15) is 0 Å². The van der Waals surface area contributed by atoms with Crippen molar-refractivity contribution in [3.63, 3.8) is 0 Å². The Morgan fingerprint density at radius 2 is 2.05 bits per heavy atom. The molecule has 1 N–H and O–H groups in total. The van der Waals surface area contributed by atoms with E-state index in [1.807, 2.05) is 18.3 Å². The Balaban J connectivity index is 1.88. The molecule has 1 saturated carbocycles. The molecule has 2 heterocycles. The third-order valence-electron chi connectivity index (χ3n) is 4.62. The van der Waals surface area contributed by atoms with Crippen LogP contribution in [0.5, 0.6) is 0 Å². The molecule has 0 aromatic carbocycles. The Morgan fingerprint density at radius 3 is 2.82 bits per heavy atom. The summed E-state index contributed by atoms with van der Waals surface area (Å²) in [4.78, 5) is 4.83. The normalized spacial score (nSPS) is 16.3. The molecule has 2 aromatic heterocycles. The van der Waals surface area contributed by atoms with E-state index >= 15 is 0 Å². The first-order valence-electron chi connectivity index (χ1n) is 8.71. The molecular formula is C18H26ClN3. The van der Waals surface area contributed by atoms with Crippen LogP contribution in [-0.2, 0) is 6.42 Å². The summed E-state index contributed by atoms with van der Waals surface area (Å²) in [6.07, 6.45) is 13.3. The summed E-state index contributed by atoms with van der Waals surface area (Å²) in [5.41, 5.74) is 2.19. The van der Waals surface area contributed by atoms with E-state index in [1.165, 1.54) is 62.9 Å². The van der Waals surface area contributed by atoms with Gasteiger partial charge in [0.15, 0.2) is 0 Å². The summed E-state index contributed by atoms with van der Waals surface area (Å²) in [7, 11) is 0. The van der Waals surface area contributed by atoms with Gasteiger partial charge in [-0.3, -0.25) is 4.40 Å². The summed E-state index contributed by atoms with van der Waals surface area (Å²) in [5, 5.41) is 4.53. The number of aryl methyl sites for hydroxylation is 1. The van der Waals surface area contributed by atoms with Gasteiger partial charge in [0.05, 0.1) is 10.7 Å². The lowest BCUT2D eigenvalue weighted by Crippen LogP contribution is -2.23. The number of fused-ring (bicyclic) bond motifs is 1. The predicted octanol–water partition coefficient (Wildman–Crippen LogP) is 5.47. The molecule has 1 fully saturated rings.